The van der Waals surface area contributed by atoms with Crippen molar-refractivity contribution in [2.24, 2.45) is 0 Å². The molecule has 1 rings (SSSR count). The number of ether oxygens (including phenoxy) is 1. The smallest absolute Gasteiger partial charge is 0.403 e. The van der Waals surface area contributed by atoms with Crippen molar-refractivity contribution in [3.05, 3.63) is 21.0 Å². The van der Waals surface area contributed by atoms with Gasteiger partial charge in [0.2, 0.25) is 0 Å². The van der Waals surface area contributed by atoms with Crippen molar-refractivity contribution in [2.45, 2.75) is 19.7 Å². The van der Waals surface area contributed by atoms with Gasteiger partial charge in [-0.25, -0.2) is 4.98 Å². The number of alkyl halides is 3. The van der Waals surface area contributed by atoms with Crippen molar-refractivity contribution < 1.29 is 17.9 Å². The van der Waals surface area contributed by atoms with Gasteiger partial charge in [-0.15, -0.1) is 13.2 Å². The number of aryl methyl sites for hydroxylation is 1. The number of rotatable bonds is 2. The zero-order chi connectivity index (χ0) is 12.3. The lowest BCUT2D eigenvalue weighted by Gasteiger charge is -2.13. The lowest BCUT2D eigenvalue weighted by Crippen LogP contribution is -2.19. The van der Waals surface area contributed by atoms with Crippen molar-refractivity contribution in [1.29, 1.82) is 5.26 Å². The van der Waals surface area contributed by atoms with E-state index < -0.39 is 6.36 Å². The summed E-state index contributed by atoms with van der Waals surface area (Å²) in [6.45, 7) is 1.64. The molecule has 16 heavy (non-hydrogen) atoms. The van der Waals surface area contributed by atoms with Crippen molar-refractivity contribution in [3.8, 4) is 11.8 Å². The molecular weight excluding hydrogens is 336 g/mol. The molecule has 0 radical (unpaired) electrons. The Hall–Kier alpha value is -1.04. The molecule has 0 amide bonds. The predicted molar refractivity (Wildman–Crippen MR) is 57.7 cm³/mol. The SMILES string of the molecule is Cc1cc(CC#N)c(OC(F)(F)F)c(I)n1. The number of halogens is 4. The van der Waals surface area contributed by atoms with Crippen LogP contribution in [-0.2, 0) is 6.42 Å². The normalized spacial score (nSPS) is 11.0. The quantitative estimate of drug-likeness (QED) is 0.613. The molecule has 0 aliphatic rings. The first kappa shape index (κ1) is 13.0. The summed E-state index contributed by atoms with van der Waals surface area (Å²) in [6.07, 6.45) is -4.92. The van der Waals surface area contributed by atoms with E-state index in [4.69, 9.17) is 5.26 Å². The molecule has 1 aromatic rings. The van der Waals surface area contributed by atoms with E-state index in [1.807, 2.05) is 0 Å². The molecule has 0 aromatic carbocycles. The highest BCUT2D eigenvalue weighted by Gasteiger charge is 2.33. The Morgan fingerprint density at radius 3 is 2.69 bits per heavy atom. The summed E-state index contributed by atoms with van der Waals surface area (Å²) in [4.78, 5) is 3.85. The van der Waals surface area contributed by atoms with Crippen LogP contribution in [0.5, 0.6) is 5.75 Å². The van der Waals surface area contributed by atoms with E-state index in [-0.39, 0.29) is 21.4 Å². The Labute approximate surface area is 103 Å². The van der Waals surface area contributed by atoms with E-state index >= 15 is 0 Å². The zero-order valence-electron chi connectivity index (χ0n) is 8.10. The van der Waals surface area contributed by atoms with E-state index in [2.05, 4.69) is 9.72 Å². The van der Waals surface area contributed by atoms with Gasteiger partial charge < -0.3 is 4.74 Å². The van der Waals surface area contributed by atoms with Crippen LogP contribution >= 0.6 is 22.6 Å². The van der Waals surface area contributed by atoms with Gasteiger partial charge in [0.15, 0.2) is 5.75 Å². The van der Waals surface area contributed by atoms with Crippen LogP contribution in [0.4, 0.5) is 13.2 Å². The molecule has 0 saturated heterocycles. The Kier molecular flexibility index (Phi) is 3.96. The van der Waals surface area contributed by atoms with Crippen molar-refractivity contribution in [1.82, 2.24) is 4.98 Å². The van der Waals surface area contributed by atoms with E-state index in [1.165, 1.54) is 6.07 Å². The largest absolute Gasteiger partial charge is 0.573 e. The Bertz CT molecular complexity index is 440. The molecular formula is C9H6F3IN2O. The Balaban J connectivity index is 3.20. The zero-order valence-corrected chi connectivity index (χ0v) is 10.3. The van der Waals surface area contributed by atoms with Crippen molar-refractivity contribution >= 4 is 22.6 Å². The molecule has 0 aliphatic heterocycles. The fraction of sp³-hybridized carbons (Fsp3) is 0.333. The highest BCUT2D eigenvalue weighted by atomic mass is 127. The molecule has 0 atom stereocenters. The highest BCUT2D eigenvalue weighted by molar-refractivity contribution is 14.1. The van der Waals surface area contributed by atoms with Gasteiger partial charge in [0.1, 0.15) is 3.70 Å². The summed E-state index contributed by atoms with van der Waals surface area (Å²) < 4.78 is 40.3. The number of nitriles is 1. The van der Waals surface area contributed by atoms with Crippen molar-refractivity contribution in [2.75, 3.05) is 0 Å². The predicted octanol–water partition coefficient (Wildman–Crippen LogP) is 2.96. The molecule has 3 nitrogen and oxygen atoms in total. The minimum atomic E-state index is -4.78. The van der Waals surface area contributed by atoms with E-state index in [1.54, 1.807) is 35.6 Å². The highest BCUT2D eigenvalue weighted by Crippen LogP contribution is 2.30. The van der Waals surface area contributed by atoms with Crippen LogP contribution in [-0.4, -0.2) is 11.3 Å². The van der Waals surface area contributed by atoms with Crippen molar-refractivity contribution in [3.63, 3.8) is 0 Å². The monoisotopic (exact) mass is 342 g/mol. The lowest BCUT2D eigenvalue weighted by molar-refractivity contribution is -0.275. The maximum absolute atomic E-state index is 12.1. The number of pyridine rings is 1. The number of aromatic nitrogens is 1. The molecule has 0 bridgehead atoms. The first-order chi connectivity index (χ1) is 7.33. The molecule has 1 aromatic heterocycles. The van der Waals surface area contributed by atoms with Gasteiger partial charge in [-0.2, -0.15) is 5.26 Å². The maximum Gasteiger partial charge on any atom is 0.573 e. The van der Waals surface area contributed by atoms with Crippen LogP contribution in [0.2, 0.25) is 0 Å². The molecule has 1 heterocycles. The molecule has 0 fully saturated rings. The molecule has 0 spiro atoms. The minimum Gasteiger partial charge on any atom is -0.403 e. The van der Waals surface area contributed by atoms with Gasteiger partial charge in [-0.1, -0.05) is 0 Å². The lowest BCUT2D eigenvalue weighted by atomic mass is 10.1. The fourth-order valence-electron chi connectivity index (χ4n) is 1.13. The van der Waals surface area contributed by atoms with Crippen LogP contribution < -0.4 is 4.74 Å². The topological polar surface area (TPSA) is 45.9 Å². The maximum atomic E-state index is 12.1. The van der Waals surface area contributed by atoms with Gasteiger partial charge in [0.25, 0.3) is 0 Å². The third-order valence-electron chi connectivity index (χ3n) is 1.62. The molecule has 0 unspecified atom stereocenters. The van der Waals surface area contributed by atoms with Crippen LogP contribution in [0, 0.1) is 22.0 Å². The Morgan fingerprint density at radius 2 is 2.19 bits per heavy atom. The summed E-state index contributed by atoms with van der Waals surface area (Å²) >= 11 is 1.65. The van der Waals surface area contributed by atoms with Gasteiger partial charge in [0.05, 0.1) is 12.5 Å². The molecule has 7 heteroatoms. The van der Waals surface area contributed by atoms with Crippen LogP contribution in [0.25, 0.3) is 0 Å². The van der Waals surface area contributed by atoms with Crippen LogP contribution in [0.1, 0.15) is 11.3 Å². The molecule has 0 aliphatic carbocycles. The number of hydrogen-bond donors (Lipinski definition) is 0. The van der Waals surface area contributed by atoms with Crippen LogP contribution in [0.15, 0.2) is 6.07 Å². The van der Waals surface area contributed by atoms with Gasteiger partial charge in [-0.3, -0.25) is 0 Å². The second kappa shape index (κ2) is 4.86. The van der Waals surface area contributed by atoms with Gasteiger partial charge in [-0.05, 0) is 35.6 Å². The van der Waals surface area contributed by atoms with Gasteiger partial charge >= 0.3 is 6.36 Å². The summed E-state index contributed by atoms with van der Waals surface area (Å²) in [6, 6.07) is 3.20. The van der Waals surface area contributed by atoms with E-state index in [0.29, 0.717) is 5.69 Å². The standard InChI is InChI=1S/C9H6F3IN2O/c1-5-4-6(2-3-14)7(8(13)15-5)16-9(10,11)12/h4H,2H2,1H3. The number of hydrogen-bond acceptors (Lipinski definition) is 3. The Morgan fingerprint density at radius 1 is 1.56 bits per heavy atom. The fourth-order valence-corrected chi connectivity index (χ4v) is 1.96. The first-order valence-electron chi connectivity index (χ1n) is 4.12. The van der Waals surface area contributed by atoms with Gasteiger partial charge in [0, 0.05) is 11.3 Å². The average molecular weight is 342 g/mol. The summed E-state index contributed by atoms with van der Waals surface area (Å²) in [5, 5.41) is 8.51. The summed E-state index contributed by atoms with van der Waals surface area (Å²) in [7, 11) is 0. The van der Waals surface area contributed by atoms with E-state index in [9.17, 15) is 13.2 Å². The number of nitrogens with zero attached hydrogens (tertiary/aromatic N) is 2. The summed E-state index contributed by atoms with van der Waals surface area (Å²) in [5.74, 6) is -0.389. The van der Waals surface area contributed by atoms with Crippen LogP contribution in [0.3, 0.4) is 0 Å². The first-order valence-corrected chi connectivity index (χ1v) is 5.20. The molecule has 86 valence electrons. The minimum absolute atomic E-state index is 0.0974. The summed E-state index contributed by atoms with van der Waals surface area (Å²) in [5.41, 5.74) is 0.737. The van der Waals surface area contributed by atoms with E-state index in [0.717, 1.165) is 0 Å². The third kappa shape index (κ3) is 3.52. The molecule has 0 N–H and O–H groups in total. The third-order valence-corrected chi connectivity index (χ3v) is 2.36. The second-order valence-electron chi connectivity index (χ2n) is 2.93. The average Bonchev–Trinajstić information content (AvgIpc) is 2.10. The molecule has 0 saturated carbocycles. The second-order valence-corrected chi connectivity index (χ2v) is 3.95.